The van der Waals surface area contributed by atoms with Gasteiger partial charge >= 0.3 is 0 Å². The van der Waals surface area contributed by atoms with Gasteiger partial charge in [0.25, 0.3) is 0 Å². The Labute approximate surface area is 144 Å². The van der Waals surface area contributed by atoms with Crippen molar-refractivity contribution < 1.29 is 4.21 Å². The van der Waals surface area contributed by atoms with E-state index >= 15 is 0 Å². The average molecular weight is 351 g/mol. The van der Waals surface area contributed by atoms with Crippen LogP contribution in [0, 0.1) is 0 Å². The van der Waals surface area contributed by atoms with Gasteiger partial charge in [-0.2, -0.15) is 5.21 Å². The molecular formula is C16H13N7OS. The fourth-order valence-corrected chi connectivity index (χ4v) is 3.39. The van der Waals surface area contributed by atoms with Gasteiger partial charge in [-0.25, -0.2) is 9.35 Å². The molecule has 4 aromatic rings. The summed E-state index contributed by atoms with van der Waals surface area (Å²) in [6.07, 6.45) is 1.66. The van der Waals surface area contributed by atoms with Crippen LogP contribution in [0.5, 0.6) is 0 Å². The van der Waals surface area contributed by atoms with Crippen molar-refractivity contribution in [1.82, 2.24) is 25.6 Å². The number of aromatic amines is 1. The summed E-state index contributed by atoms with van der Waals surface area (Å²) in [5, 5.41) is 20.5. The number of aromatic nitrogens is 5. The molecule has 0 fully saturated rings. The fourth-order valence-electron chi connectivity index (χ4n) is 2.78. The summed E-state index contributed by atoms with van der Waals surface area (Å²) in [7, 11) is -1.70. The number of hydrogen-bond donors (Lipinski definition) is 3. The topological polar surface area (TPSA) is 136 Å². The molecule has 0 saturated heterocycles. The molecule has 8 nitrogen and oxygen atoms in total. The number of tetrazole rings is 1. The van der Waals surface area contributed by atoms with Crippen molar-refractivity contribution in [2.24, 2.45) is 5.14 Å². The molecule has 0 aliphatic carbocycles. The number of rotatable bonds is 3. The summed E-state index contributed by atoms with van der Waals surface area (Å²) in [6, 6.07) is 12.8. The molecule has 0 radical (unpaired) electrons. The lowest BCUT2D eigenvalue weighted by atomic mass is 9.97. The molecule has 124 valence electrons. The minimum absolute atomic E-state index is 0.324. The van der Waals surface area contributed by atoms with Crippen molar-refractivity contribution in [2.45, 2.75) is 4.90 Å². The Hall–Kier alpha value is -3.17. The van der Waals surface area contributed by atoms with E-state index in [2.05, 4.69) is 25.6 Å². The van der Waals surface area contributed by atoms with E-state index in [1.54, 1.807) is 24.4 Å². The highest BCUT2D eigenvalue weighted by molar-refractivity contribution is 7.82. The van der Waals surface area contributed by atoms with Crippen LogP contribution in [-0.2, 0) is 11.0 Å². The number of H-pyrrole nitrogens is 1. The van der Waals surface area contributed by atoms with E-state index in [0.29, 0.717) is 22.0 Å². The second-order valence-corrected chi connectivity index (χ2v) is 6.38. The quantitative estimate of drug-likeness (QED) is 0.513. The molecule has 4 rings (SSSR count). The van der Waals surface area contributed by atoms with Crippen molar-refractivity contribution in [3.05, 3.63) is 48.7 Å². The van der Waals surface area contributed by atoms with Gasteiger partial charge in [0.05, 0.1) is 10.4 Å². The molecular weight excluding hydrogens is 338 g/mol. The van der Waals surface area contributed by atoms with Crippen LogP contribution in [0.2, 0.25) is 0 Å². The molecule has 2 heterocycles. The second-order valence-electron chi connectivity index (χ2n) is 5.34. The van der Waals surface area contributed by atoms with Gasteiger partial charge in [0.1, 0.15) is 11.0 Å². The van der Waals surface area contributed by atoms with Crippen LogP contribution in [0.1, 0.15) is 0 Å². The summed E-state index contributed by atoms with van der Waals surface area (Å²) < 4.78 is 12.0. The lowest BCUT2D eigenvalue weighted by Crippen LogP contribution is -2.06. The van der Waals surface area contributed by atoms with Crippen molar-refractivity contribution >= 4 is 27.6 Å². The number of anilines is 1. The van der Waals surface area contributed by atoms with Gasteiger partial charge in [-0.05, 0) is 34.5 Å². The number of nitrogen functional groups attached to an aromatic ring is 1. The molecule has 0 aliphatic heterocycles. The Morgan fingerprint density at radius 2 is 2.00 bits per heavy atom. The average Bonchev–Trinajstić information content (AvgIpc) is 3.15. The van der Waals surface area contributed by atoms with E-state index in [1.807, 2.05) is 24.3 Å². The number of hydrogen-bond acceptors (Lipinski definition) is 6. The molecule has 2 aromatic heterocycles. The molecule has 0 aliphatic rings. The molecule has 0 spiro atoms. The third kappa shape index (κ3) is 2.65. The van der Waals surface area contributed by atoms with Crippen LogP contribution in [0.4, 0.5) is 5.69 Å². The monoisotopic (exact) mass is 351 g/mol. The first kappa shape index (κ1) is 15.4. The third-order valence-electron chi connectivity index (χ3n) is 3.90. The first-order valence-electron chi connectivity index (χ1n) is 7.33. The normalized spacial score (nSPS) is 12.4. The van der Waals surface area contributed by atoms with Crippen molar-refractivity contribution in [2.75, 3.05) is 5.73 Å². The summed E-state index contributed by atoms with van der Waals surface area (Å²) in [4.78, 5) is 4.79. The van der Waals surface area contributed by atoms with Crippen LogP contribution in [0.3, 0.4) is 0 Å². The summed E-state index contributed by atoms with van der Waals surface area (Å²) in [5.41, 5.74) is 9.62. The van der Waals surface area contributed by atoms with Crippen LogP contribution >= 0.6 is 0 Å². The largest absolute Gasteiger partial charge is 0.398 e. The molecule has 2 aromatic carbocycles. The van der Waals surface area contributed by atoms with E-state index in [0.717, 1.165) is 22.0 Å². The predicted octanol–water partition coefficient (Wildman–Crippen LogP) is 1.65. The highest BCUT2D eigenvalue weighted by atomic mass is 32.2. The van der Waals surface area contributed by atoms with Gasteiger partial charge in [-0.3, -0.25) is 4.98 Å². The number of benzene rings is 2. The van der Waals surface area contributed by atoms with Gasteiger partial charge < -0.3 is 5.73 Å². The van der Waals surface area contributed by atoms with Crippen molar-refractivity contribution in [1.29, 1.82) is 0 Å². The number of nitrogens with zero attached hydrogens (tertiary/aromatic N) is 4. The van der Waals surface area contributed by atoms with Gasteiger partial charge in [0.15, 0.2) is 0 Å². The van der Waals surface area contributed by atoms with E-state index < -0.39 is 11.0 Å². The first-order valence-corrected chi connectivity index (χ1v) is 8.54. The summed E-state index contributed by atoms with van der Waals surface area (Å²) in [5.74, 6) is 0.324. The van der Waals surface area contributed by atoms with Gasteiger partial charge in [-0.15, -0.1) is 10.2 Å². The van der Waals surface area contributed by atoms with Gasteiger partial charge in [0.2, 0.25) is 5.82 Å². The maximum Gasteiger partial charge on any atom is 0.206 e. The lowest BCUT2D eigenvalue weighted by molar-refractivity contribution is 0.684. The molecule has 0 saturated carbocycles. The van der Waals surface area contributed by atoms with Crippen molar-refractivity contribution in [3.8, 4) is 22.5 Å². The first-order chi connectivity index (χ1) is 12.1. The lowest BCUT2D eigenvalue weighted by Gasteiger charge is -2.11. The molecule has 1 atom stereocenters. The number of nitrogens with one attached hydrogen (secondary N) is 1. The smallest absolute Gasteiger partial charge is 0.206 e. The predicted molar refractivity (Wildman–Crippen MR) is 95.4 cm³/mol. The number of fused-ring (bicyclic) bond motifs is 1. The van der Waals surface area contributed by atoms with Crippen molar-refractivity contribution in [3.63, 3.8) is 0 Å². The maximum absolute atomic E-state index is 12.0. The molecule has 9 heteroatoms. The standard InChI is InChI=1S/C16H13N7OS/c17-12-6-7-19-13-8-9(4-5-11(12)13)10-2-1-3-14(25(18)24)15(10)16-20-22-23-21-16/h1-8H,18H2,(H2,17,19)(H,20,21,22,23). The van der Waals surface area contributed by atoms with Crippen LogP contribution in [-0.4, -0.2) is 29.8 Å². The zero-order valence-corrected chi connectivity index (χ0v) is 13.7. The zero-order chi connectivity index (χ0) is 17.4. The van der Waals surface area contributed by atoms with Gasteiger partial charge in [0, 0.05) is 22.8 Å². The minimum Gasteiger partial charge on any atom is -0.398 e. The zero-order valence-electron chi connectivity index (χ0n) is 12.9. The van der Waals surface area contributed by atoms with Crippen LogP contribution in [0.25, 0.3) is 33.4 Å². The summed E-state index contributed by atoms with van der Waals surface area (Å²) in [6.45, 7) is 0. The highest BCUT2D eigenvalue weighted by Crippen LogP contribution is 2.35. The van der Waals surface area contributed by atoms with E-state index in [4.69, 9.17) is 10.9 Å². The van der Waals surface area contributed by atoms with E-state index in [1.165, 1.54) is 0 Å². The maximum atomic E-state index is 12.0. The second kappa shape index (κ2) is 6.04. The highest BCUT2D eigenvalue weighted by Gasteiger charge is 2.18. The number of pyridine rings is 1. The molecule has 25 heavy (non-hydrogen) atoms. The molecule has 0 amide bonds. The van der Waals surface area contributed by atoms with Gasteiger partial charge in [-0.1, -0.05) is 24.3 Å². The SMILES string of the molecule is Nc1ccnc2cc(-c3cccc(S(N)=O)c3-c3nn[nH]n3)ccc12. The fraction of sp³-hybridized carbons (Fsp3) is 0. The Morgan fingerprint density at radius 1 is 1.12 bits per heavy atom. The number of nitrogens with two attached hydrogens (primary N) is 2. The van der Waals surface area contributed by atoms with E-state index in [-0.39, 0.29) is 0 Å². The Kier molecular flexibility index (Phi) is 3.71. The van der Waals surface area contributed by atoms with Crippen LogP contribution < -0.4 is 10.9 Å². The Morgan fingerprint density at radius 3 is 2.76 bits per heavy atom. The van der Waals surface area contributed by atoms with Crippen LogP contribution in [0.15, 0.2) is 53.6 Å². The molecule has 5 N–H and O–H groups in total. The molecule has 1 unspecified atom stereocenters. The molecule has 0 bridgehead atoms. The minimum atomic E-state index is -1.70. The third-order valence-corrected chi connectivity index (χ3v) is 4.67. The van der Waals surface area contributed by atoms with E-state index in [9.17, 15) is 4.21 Å². The Bertz CT molecular complexity index is 1100. The Balaban J connectivity index is 2.00. The summed E-state index contributed by atoms with van der Waals surface area (Å²) >= 11 is 0.